The Balaban J connectivity index is 2.04. The molecule has 0 bridgehead atoms. The van der Waals surface area contributed by atoms with Crippen LogP contribution in [-0.4, -0.2) is 21.3 Å². The molecular weight excluding hydrogens is 258 g/mol. The fraction of sp³-hybridized carbons (Fsp3) is 0.533. The normalized spacial score (nSPS) is 27.4. The maximum absolute atomic E-state index is 7.72. The summed E-state index contributed by atoms with van der Waals surface area (Å²) < 4.78 is 0.0245. The zero-order valence-electron chi connectivity index (χ0n) is 11.3. The molecule has 0 spiro atoms. The van der Waals surface area contributed by atoms with Crippen LogP contribution in [0.3, 0.4) is 0 Å². The molecule has 1 aromatic carbocycles. The molecule has 0 radical (unpaired) electrons. The summed E-state index contributed by atoms with van der Waals surface area (Å²) in [4.78, 5) is 0. The Morgan fingerprint density at radius 2 is 2.22 bits per heavy atom. The first kappa shape index (κ1) is 14.0. The van der Waals surface area contributed by atoms with E-state index in [0.717, 1.165) is 12.8 Å². The first-order valence-corrected chi connectivity index (χ1v) is 8.31. The van der Waals surface area contributed by atoms with Crippen molar-refractivity contribution in [3.05, 3.63) is 34.9 Å². The van der Waals surface area contributed by atoms with E-state index in [2.05, 4.69) is 39.0 Å². The van der Waals surface area contributed by atoms with Crippen LogP contribution in [0.4, 0.5) is 0 Å². The zero-order chi connectivity index (χ0) is 13.2. The monoisotopic (exact) mass is 279 g/mol. The highest BCUT2D eigenvalue weighted by Gasteiger charge is 2.36. The van der Waals surface area contributed by atoms with Crippen LogP contribution in [0.15, 0.2) is 18.2 Å². The molecule has 1 aliphatic heterocycles. The van der Waals surface area contributed by atoms with Crippen LogP contribution in [0.2, 0.25) is 0 Å². The van der Waals surface area contributed by atoms with Gasteiger partial charge in [0.25, 0.3) is 0 Å². The molecular formula is C15H21NS2. The van der Waals surface area contributed by atoms with Crippen LogP contribution in [0.25, 0.3) is 0 Å². The van der Waals surface area contributed by atoms with E-state index in [1.165, 1.54) is 22.4 Å². The molecule has 1 fully saturated rings. The number of thioether (sulfide) groups is 2. The standard InChI is InChI=1S/C15H21NS2/c1-11-4-5-14(12(2)8-11)6-7-15(10-16)17-9-13(3)18-15/h4-5,8,10,13,16H,6-7,9H2,1-3H3. The summed E-state index contributed by atoms with van der Waals surface area (Å²) >= 11 is 3.91. The molecule has 3 heteroatoms. The first-order chi connectivity index (χ1) is 8.54. The van der Waals surface area contributed by atoms with E-state index < -0.39 is 0 Å². The van der Waals surface area contributed by atoms with E-state index in [0.29, 0.717) is 5.25 Å². The lowest BCUT2D eigenvalue weighted by Gasteiger charge is -2.22. The van der Waals surface area contributed by atoms with Crippen molar-refractivity contribution in [2.24, 2.45) is 0 Å². The van der Waals surface area contributed by atoms with Gasteiger partial charge in [-0.15, -0.1) is 23.5 Å². The van der Waals surface area contributed by atoms with Crippen LogP contribution in [0, 0.1) is 19.3 Å². The van der Waals surface area contributed by atoms with E-state index in [1.807, 2.05) is 23.5 Å². The Labute approximate surface area is 119 Å². The van der Waals surface area contributed by atoms with Crippen molar-refractivity contribution in [1.82, 2.24) is 0 Å². The minimum absolute atomic E-state index is 0.0245. The lowest BCUT2D eigenvalue weighted by molar-refractivity contribution is 0.846. The Bertz CT molecular complexity index is 444. The van der Waals surface area contributed by atoms with Crippen LogP contribution in [-0.2, 0) is 6.42 Å². The van der Waals surface area contributed by atoms with Crippen LogP contribution < -0.4 is 0 Å². The van der Waals surface area contributed by atoms with Crippen molar-refractivity contribution in [2.45, 2.75) is 42.9 Å². The Morgan fingerprint density at radius 3 is 2.78 bits per heavy atom. The predicted molar refractivity (Wildman–Crippen MR) is 85.3 cm³/mol. The average Bonchev–Trinajstić information content (AvgIpc) is 2.71. The third-order valence-corrected chi connectivity index (χ3v) is 7.04. The SMILES string of the molecule is Cc1ccc(CCC2(C=N)SCC(C)S2)c(C)c1. The summed E-state index contributed by atoms with van der Waals surface area (Å²) in [6, 6.07) is 6.69. The second kappa shape index (κ2) is 5.70. The van der Waals surface area contributed by atoms with Crippen molar-refractivity contribution >= 4 is 29.7 Å². The molecule has 0 aromatic heterocycles. The van der Waals surface area contributed by atoms with Crippen molar-refractivity contribution in [2.75, 3.05) is 5.75 Å². The molecule has 0 aliphatic carbocycles. The largest absolute Gasteiger partial charge is 0.311 e. The Morgan fingerprint density at radius 1 is 1.44 bits per heavy atom. The third-order valence-electron chi connectivity index (χ3n) is 3.42. The Hall–Kier alpha value is -0.410. The number of hydrogen-bond acceptors (Lipinski definition) is 3. The van der Waals surface area contributed by atoms with E-state index in [4.69, 9.17) is 5.41 Å². The molecule has 1 saturated heterocycles. The number of aryl methyl sites for hydroxylation is 3. The predicted octanol–water partition coefficient (Wildman–Crippen LogP) is 4.45. The molecule has 1 nitrogen and oxygen atoms in total. The van der Waals surface area contributed by atoms with Gasteiger partial charge in [-0.1, -0.05) is 30.7 Å². The van der Waals surface area contributed by atoms with Gasteiger partial charge in [-0.25, -0.2) is 0 Å². The lowest BCUT2D eigenvalue weighted by Crippen LogP contribution is -2.20. The van der Waals surface area contributed by atoms with E-state index in [-0.39, 0.29) is 4.08 Å². The number of rotatable bonds is 4. The zero-order valence-corrected chi connectivity index (χ0v) is 13.0. The molecule has 1 aromatic rings. The van der Waals surface area contributed by atoms with Crippen LogP contribution in [0.5, 0.6) is 0 Å². The van der Waals surface area contributed by atoms with Crippen LogP contribution >= 0.6 is 23.5 Å². The summed E-state index contributed by atoms with van der Waals surface area (Å²) in [6.07, 6.45) is 3.81. The van der Waals surface area contributed by atoms with Gasteiger partial charge in [-0.2, -0.15) is 0 Å². The maximum atomic E-state index is 7.72. The Kier molecular flexibility index (Phi) is 4.44. The van der Waals surface area contributed by atoms with Crippen molar-refractivity contribution in [3.8, 4) is 0 Å². The second-order valence-electron chi connectivity index (χ2n) is 5.13. The molecule has 2 unspecified atom stereocenters. The maximum Gasteiger partial charge on any atom is 0.0960 e. The lowest BCUT2D eigenvalue weighted by atomic mass is 10.0. The number of benzene rings is 1. The molecule has 0 amide bonds. The van der Waals surface area contributed by atoms with Crippen molar-refractivity contribution in [1.29, 1.82) is 5.41 Å². The van der Waals surface area contributed by atoms with E-state index in [1.54, 1.807) is 6.21 Å². The van der Waals surface area contributed by atoms with Gasteiger partial charge in [0.15, 0.2) is 0 Å². The quantitative estimate of drug-likeness (QED) is 0.823. The molecule has 0 saturated carbocycles. The van der Waals surface area contributed by atoms with E-state index >= 15 is 0 Å². The molecule has 2 rings (SSSR count). The van der Waals surface area contributed by atoms with Gasteiger partial charge in [-0.3, -0.25) is 0 Å². The molecule has 1 aliphatic rings. The molecule has 98 valence electrons. The van der Waals surface area contributed by atoms with E-state index in [9.17, 15) is 0 Å². The summed E-state index contributed by atoms with van der Waals surface area (Å²) in [5.74, 6) is 1.17. The number of hydrogen-bond donors (Lipinski definition) is 1. The molecule has 2 atom stereocenters. The highest BCUT2D eigenvalue weighted by Crippen LogP contribution is 2.49. The second-order valence-corrected chi connectivity index (χ2v) is 8.50. The van der Waals surface area contributed by atoms with Crippen LogP contribution in [0.1, 0.15) is 30.0 Å². The fourth-order valence-corrected chi connectivity index (χ4v) is 5.64. The van der Waals surface area contributed by atoms with Crippen molar-refractivity contribution < 1.29 is 0 Å². The highest BCUT2D eigenvalue weighted by atomic mass is 32.2. The summed E-state index contributed by atoms with van der Waals surface area (Å²) in [7, 11) is 0. The smallest absolute Gasteiger partial charge is 0.0960 e. The fourth-order valence-electron chi connectivity index (χ4n) is 2.38. The van der Waals surface area contributed by atoms with Gasteiger partial charge in [0.2, 0.25) is 0 Å². The summed E-state index contributed by atoms with van der Waals surface area (Å²) in [5, 5.41) is 8.40. The van der Waals surface area contributed by atoms with Gasteiger partial charge in [0.05, 0.1) is 4.08 Å². The number of nitrogens with one attached hydrogen (secondary N) is 1. The van der Waals surface area contributed by atoms with Crippen molar-refractivity contribution in [3.63, 3.8) is 0 Å². The first-order valence-electron chi connectivity index (χ1n) is 6.44. The summed E-state index contributed by atoms with van der Waals surface area (Å²) in [5.41, 5.74) is 4.15. The topological polar surface area (TPSA) is 23.9 Å². The van der Waals surface area contributed by atoms with Gasteiger partial charge in [-0.05, 0) is 37.8 Å². The van der Waals surface area contributed by atoms with Gasteiger partial charge in [0, 0.05) is 17.2 Å². The minimum Gasteiger partial charge on any atom is -0.311 e. The molecule has 1 heterocycles. The minimum atomic E-state index is 0.0245. The summed E-state index contributed by atoms with van der Waals surface area (Å²) in [6.45, 7) is 6.59. The van der Waals surface area contributed by atoms with Gasteiger partial charge in [0.1, 0.15) is 0 Å². The van der Waals surface area contributed by atoms with Gasteiger partial charge >= 0.3 is 0 Å². The van der Waals surface area contributed by atoms with Gasteiger partial charge < -0.3 is 5.41 Å². The molecule has 1 N–H and O–H groups in total. The average molecular weight is 279 g/mol. The highest BCUT2D eigenvalue weighted by molar-refractivity contribution is 8.22. The third kappa shape index (κ3) is 3.12. The molecule has 18 heavy (non-hydrogen) atoms.